The van der Waals surface area contributed by atoms with Crippen molar-refractivity contribution in [2.24, 2.45) is 0 Å². The van der Waals surface area contributed by atoms with Crippen molar-refractivity contribution in [2.75, 3.05) is 11.9 Å². The van der Waals surface area contributed by atoms with Gasteiger partial charge in [-0.15, -0.1) is 0 Å². The van der Waals surface area contributed by atoms with E-state index in [1.807, 2.05) is 25.1 Å². The Kier molecular flexibility index (Phi) is 7.84. The largest absolute Gasteiger partial charge is 0.505 e. The Hall–Kier alpha value is -1.98. The minimum Gasteiger partial charge on any atom is -0.505 e. The van der Waals surface area contributed by atoms with Crippen molar-refractivity contribution in [3.63, 3.8) is 0 Å². The number of hydrogen-bond acceptors (Lipinski definition) is 4. The third-order valence-electron chi connectivity index (χ3n) is 4.26. The van der Waals surface area contributed by atoms with Crippen LogP contribution in [0.4, 0.5) is 5.69 Å². The third kappa shape index (κ3) is 5.58. The maximum Gasteiger partial charge on any atom is 0.161 e. The predicted molar refractivity (Wildman–Crippen MR) is 124 cm³/mol. The van der Waals surface area contributed by atoms with Crippen molar-refractivity contribution in [1.29, 1.82) is 0 Å². The SMILES string of the molecule is CCOc1cc(CNc2cc(Cl)c(O)c(Cl)c2)ccc1OCc1c(Cl)cccc1Cl. The molecular weight excluding hydrogens is 468 g/mol. The standard InChI is InChI=1S/C22H19Cl4NO3/c1-2-29-21-8-13(11-27-14-9-18(25)22(28)19(26)10-14)6-7-20(21)30-12-15-16(23)4-3-5-17(15)24/h3-10,27-28H,2,11-12H2,1H3. The van der Waals surface area contributed by atoms with Gasteiger partial charge in [0.1, 0.15) is 6.61 Å². The summed E-state index contributed by atoms with van der Waals surface area (Å²) >= 11 is 24.4. The first-order valence-electron chi connectivity index (χ1n) is 9.12. The van der Waals surface area contributed by atoms with E-state index < -0.39 is 0 Å². The van der Waals surface area contributed by atoms with Crippen molar-refractivity contribution in [2.45, 2.75) is 20.1 Å². The smallest absolute Gasteiger partial charge is 0.161 e. The minimum absolute atomic E-state index is 0.136. The molecule has 0 aliphatic heterocycles. The van der Waals surface area contributed by atoms with E-state index in [0.717, 1.165) is 11.1 Å². The monoisotopic (exact) mass is 485 g/mol. The van der Waals surface area contributed by atoms with Gasteiger partial charge in [-0.25, -0.2) is 0 Å². The maximum atomic E-state index is 9.67. The van der Waals surface area contributed by atoms with Crippen molar-refractivity contribution < 1.29 is 14.6 Å². The Morgan fingerprint density at radius 1 is 0.833 bits per heavy atom. The fourth-order valence-electron chi connectivity index (χ4n) is 2.74. The van der Waals surface area contributed by atoms with Gasteiger partial charge >= 0.3 is 0 Å². The molecule has 0 spiro atoms. The first-order chi connectivity index (χ1) is 14.4. The van der Waals surface area contributed by atoms with Crippen LogP contribution in [0.1, 0.15) is 18.1 Å². The van der Waals surface area contributed by atoms with Crippen LogP contribution in [0, 0.1) is 0 Å². The maximum absolute atomic E-state index is 9.67. The summed E-state index contributed by atoms with van der Waals surface area (Å²) in [6, 6.07) is 14.2. The molecule has 0 unspecified atom stereocenters. The van der Waals surface area contributed by atoms with E-state index in [9.17, 15) is 5.11 Å². The molecule has 158 valence electrons. The zero-order valence-corrected chi connectivity index (χ0v) is 19.0. The first kappa shape index (κ1) is 22.7. The number of nitrogens with one attached hydrogen (secondary N) is 1. The van der Waals surface area contributed by atoms with Gasteiger partial charge in [0.05, 0.1) is 16.7 Å². The van der Waals surface area contributed by atoms with Gasteiger partial charge in [0.25, 0.3) is 0 Å². The molecule has 0 fully saturated rings. The summed E-state index contributed by atoms with van der Waals surface area (Å²) in [4.78, 5) is 0. The molecule has 3 aromatic carbocycles. The summed E-state index contributed by atoms with van der Waals surface area (Å²) in [6.45, 7) is 3.11. The van der Waals surface area contributed by atoms with Gasteiger partial charge < -0.3 is 19.9 Å². The van der Waals surface area contributed by atoms with E-state index in [4.69, 9.17) is 55.9 Å². The van der Waals surface area contributed by atoms with Gasteiger partial charge in [0.2, 0.25) is 0 Å². The number of hydrogen-bond donors (Lipinski definition) is 2. The Morgan fingerprint density at radius 2 is 1.50 bits per heavy atom. The lowest BCUT2D eigenvalue weighted by atomic mass is 10.2. The van der Waals surface area contributed by atoms with Gasteiger partial charge in [0.15, 0.2) is 17.2 Å². The van der Waals surface area contributed by atoms with E-state index in [1.54, 1.807) is 30.3 Å². The molecule has 0 aliphatic rings. The molecule has 8 heteroatoms. The zero-order chi connectivity index (χ0) is 21.7. The van der Waals surface area contributed by atoms with E-state index in [1.165, 1.54) is 0 Å². The fourth-order valence-corrected chi connectivity index (χ4v) is 3.74. The van der Waals surface area contributed by atoms with Crippen molar-refractivity contribution >= 4 is 52.1 Å². The summed E-state index contributed by atoms with van der Waals surface area (Å²) in [6.07, 6.45) is 0. The van der Waals surface area contributed by atoms with Crippen LogP contribution in [0.3, 0.4) is 0 Å². The van der Waals surface area contributed by atoms with Crippen LogP contribution in [0.5, 0.6) is 17.2 Å². The molecular formula is C22H19Cl4NO3. The molecule has 0 atom stereocenters. The molecule has 0 aliphatic carbocycles. The summed E-state index contributed by atoms with van der Waals surface area (Å²) in [5, 5.41) is 14.4. The van der Waals surface area contributed by atoms with E-state index in [2.05, 4.69) is 5.32 Å². The number of phenols is 1. The second-order valence-electron chi connectivity index (χ2n) is 6.35. The molecule has 0 bridgehead atoms. The molecule has 0 radical (unpaired) electrons. The Balaban J connectivity index is 1.73. The predicted octanol–water partition coefficient (Wildman–Crippen LogP) is 7.60. The Labute approximate surface area is 195 Å². The molecule has 4 nitrogen and oxygen atoms in total. The lowest BCUT2D eigenvalue weighted by Crippen LogP contribution is -2.03. The average Bonchev–Trinajstić information content (AvgIpc) is 2.71. The second kappa shape index (κ2) is 10.4. The van der Waals surface area contributed by atoms with Gasteiger partial charge in [-0.1, -0.05) is 58.5 Å². The highest BCUT2D eigenvalue weighted by molar-refractivity contribution is 6.37. The van der Waals surface area contributed by atoms with Crippen LogP contribution in [-0.2, 0) is 13.2 Å². The Morgan fingerprint density at radius 3 is 2.13 bits per heavy atom. The van der Waals surface area contributed by atoms with Crippen molar-refractivity contribution in [3.05, 3.63) is 79.7 Å². The van der Waals surface area contributed by atoms with Crippen LogP contribution >= 0.6 is 46.4 Å². The summed E-state index contributed by atoms with van der Waals surface area (Å²) in [7, 11) is 0. The van der Waals surface area contributed by atoms with Gasteiger partial charge in [-0.05, 0) is 48.9 Å². The number of aromatic hydroxyl groups is 1. The van der Waals surface area contributed by atoms with E-state index >= 15 is 0 Å². The molecule has 30 heavy (non-hydrogen) atoms. The summed E-state index contributed by atoms with van der Waals surface area (Å²) in [5.41, 5.74) is 2.37. The molecule has 2 N–H and O–H groups in total. The lowest BCUT2D eigenvalue weighted by molar-refractivity contribution is 0.269. The summed E-state index contributed by atoms with van der Waals surface area (Å²) in [5.74, 6) is 1.07. The highest BCUT2D eigenvalue weighted by Crippen LogP contribution is 2.35. The highest BCUT2D eigenvalue weighted by Gasteiger charge is 2.11. The number of rotatable bonds is 8. The average molecular weight is 487 g/mol. The van der Waals surface area contributed by atoms with Crippen LogP contribution < -0.4 is 14.8 Å². The zero-order valence-electron chi connectivity index (χ0n) is 16.0. The third-order valence-corrected chi connectivity index (χ3v) is 5.54. The van der Waals surface area contributed by atoms with Gasteiger partial charge in [0, 0.05) is 27.8 Å². The van der Waals surface area contributed by atoms with Crippen LogP contribution in [-0.4, -0.2) is 11.7 Å². The number of halogens is 4. The van der Waals surface area contributed by atoms with E-state index in [0.29, 0.717) is 40.4 Å². The summed E-state index contributed by atoms with van der Waals surface area (Å²) < 4.78 is 11.7. The molecule has 0 saturated heterocycles. The normalized spacial score (nSPS) is 10.7. The molecule has 3 rings (SSSR count). The van der Waals surface area contributed by atoms with Crippen LogP contribution in [0.25, 0.3) is 0 Å². The molecule has 0 heterocycles. The molecule has 0 aromatic heterocycles. The van der Waals surface area contributed by atoms with Gasteiger partial charge in [-0.3, -0.25) is 0 Å². The molecule has 3 aromatic rings. The van der Waals surface area contributed by atoms with Crippen molar-refractivity contribution in [3.8, 4) is 17.2 Å². The number of phenolic OH excluding ortho intramolecular Hbond substituents is 1. The number of anilines is 1. The molecule has 0 saturated carbocycles. The second-order valence-corrected chi connectivity index (χ2v) is 7.97. The minimum atomic E-state index is -0.136. The van der Waals surface area contributed by atoms with Gasteiger partial charge in [-0.2, -0.15) is 0 Å². The lowest BCUT2D eigenvalue weighted by Gasteiger charge is -2.15. The Bertz CT molecular complexity index is 1000. The topological polar surface area (TPSA) is 50.7 Å². The quantitative estimate of drug-likeness (QED) is 0.322. The number of ether oxygens (including phenoxy) is 2. The van der Waals surface area contributed by atoms with E-state index in [-0.39, 0.29) is 22.4 Å². The van der Waals surface area contributed by atoms with Crippen LogP contribution in [0.2, 0.25) is 20.1 Å². The van der Waals surface area contributed by atoms with Crippen LogP contribution in [0.15, 0.2) is 48.5 Å². The highest BCUT2D eigenvalue weighted by atomic mass is 35.5. The fraction of sp³-hybridized carbons (Fsp3) is 0.182. The first-order valence-corrected chi connectivity index (χ1v) is 10.6. The van der Waals surface area contributed by atoms with Crippen molar-refractivity contribution in [1.82, 2.24) is 0 Å². The molecule has 0 amide bonds. The number of benzene rings is 3.